The summed E-state index contributed by atoms with van der Waals surface area (Å²) in [6.45, 7) is 0.432. The molecule has 2 aromatic rings. The number of rotatable bonds is 5. The molecule has 0 fully saturated rings. The van der Waals surface area contributed by atoms with Crippen molar-refractivity contribution in [1.29, 1.82) is 0 Å². The smallest absolute Gasteiger partial charge is 0.264 e. The average Bonchev–Trinajstić information content (AvgIpc) is 2.63. The zero-order valence-corrected chi connectivity index (χ0v) is 14.2. The average molecular weight is 340 g/mol. The fourth-order valence-electron chi connectivity index (χ4n) is 2.71. The molecule has 0 bridgehead atoms. The molecule has 3 rings (SSSR count). The lowest BCUT2D eigenvalue weighted by atomic mass is 10.1. The van der Waals surface area contributed by atoms with Crippen molar-refractivity contribution in [1.82, 2.24) is 5.32 Å². The Kier molecular flexibility index (Phi) is 4.88. The molecule has 0 saturated heterocycles. The minimum absolute atomic E-state index is 0.0541. The number of carbonyl (C=O) groups excluding carboxylic acids is 2. The highest BCUT2D eigenvalue weighted by molar-refractivity contribution is 5.97. The number of benzene rings is 2. The molecule has 130 valence electrons. The Morgan fingerprint density at radius 1 is 1.28 bits per heavy atom. The molecule has 6 heteroatoms. The Balaban J connectivity index is 1.64. The molecule has 1 aliphatic rings. The summed E-state index contributed by atoms with van der Waals surface area (Å²) in [5, 5.41) is 2.89. The van der Waals surface area contributed by atoms with E-state index in [1.807, 2.05) is 42.5 Å². The number of amides is 2. The van der Waals surface area contributed by atoms with Crippen LogP contribution in [-0.2, 0) is 22.6 Å². The number of nitrogens with one attached hydrogen (secondary N) is 1. The molecule has 0 aliphatic carbocycles. The van der Waals surface area contributed by atoms with Gasteiger partial charge in [0.2, 0.25) is 5.91 Å². The normalized spacial score (nSPS) is 13.0. The lowest BCUT2D eigenvalue weighted by Crippen LogP contribution is -2.35. The van der Waals surface area contributed by atoms with E-state index < -0.39 is 0 Å². The van der Waals surface area contributed by atoms with E-state index in [1.54, 1.807) is 19.1 Å². The van der Waals surface area contributed by atoms with Gasteiger partial charge in [0, 0.05) is 19.2 Å². The fourth-order valence-corrected chi connectivity index (χ4v) is 2.71. The topological polar surface area (TPSA) is 67.9 Å². The van der Waals surface area contributed by atoms with Crippen LogP contribution >= 0.6 is 0 Å². The number of methoxy groups -OCH3 is 1. The molecule has 0 spiro atoms. The van der Waals surface area contributed by atoms with E-state index in [0.717, 1.165) is 11.1 Å². The van der Waals surface area contributed by atoms with E-state index in [-0.39, 0.29) is 24.8 Å². The zero-order valence-electron chi connectivity index (χ0n) is 14.2. The summed E-state index contributed by atoms with van der Waals surface area (Å²) in [5.41, 5.74) is 2.46. The van der Waals surface area contributed by atoms with Crippen molar-refractivity contribution in [3.05, 3.63) is 53.6 Å². The van der Waals surface area contributed by atoms with Gasteiger partial charge in [0.25, 0.3) is 5.91 Å². The van der Waals surface area contributed by atoms with Crippen LogP contribution in [0.4, 0.5) is 5.69 Å². The summed E-state index contributed by atoms with van der Waals surface area (Å²) < 4.78 is 10.7. The quantitative estimate of drug-likeness (QED) is 0.903. The van der Waals surface area contributed by atoms with Crippen molar-refractivity contribution in [2.75, 3.05) is 25.7 Å². The van der Waals surface area contributed by atoms with Crippen molar-refractivity contribution >= 4 is 17.5 Å². The Morgan fingerprint density at radius 2 is 2.08 bits per heavy atom. The molecule has 0 aromatic heterocycles. The highest BCUT2D eigenvalue weighted by Gasteiger charge is 2.22. The van der Waals surface area contributed by atoms with Crippen LogP contribution in [-0.4, -0.2) is 32.6 Å². The van der Waals surface area contributed by atoms with Gasteiger partial charge < -0.3 is 19.7 Å². The number of hydrogen-bond acceptors (Lipinski definition) is 4. The third-order valence-corrected chi connectivity index (χ3v) is 4.14. The van der Waals surface area contributed by atoms with E-state index in [4.69, 9.17) is 9.47 Å². The molecule has 6 nitrogen and oxygen atoms in total. The first kappa shape index (κ1) is 16.8. The SMILES string of the molecule is COc1ccccc1CC(=O)NCc1ccc2c(c1)N(C)C(=O)CO2. The number of anilines is 1. The van der Waals surface area contributed by atoms with E-state index in [2.05, 4.69) is 5.32 Å². The molecule has 0 unspecified atom stereocenters. The van der Waals surface area contributed by atoms with Gasteiger partial charge in [0.05, 0.1) is 19.2 Å². The second-order valence-corrected chi connectivity index (χ2v) is 5.81. The van der Waals surface area contributed by atoms with Gasteiger partial charge in [-0.2, -0.15) is 0 Å². The molecule has 1 aliphatic heterocycles. The molecular formula is C19H20N2O4. The van der Waals surface area contributed by atoms with Crippen molar-refractivity contribution in [3.63, 3.8) is 0 Å². The fraction of sp³-hybridized carbons (Fsp3) is 0.263. The van der Waals surface area contributed by atoms with Gasteiger partial charge in [0.15, 0.2) is 6.61 Å². The third kappa shape index (κ3) is 3.74. The van der Waals surface area contributed by atoms with Gasteiger partial charge in [-0.3, -0.25) is 9.59 Å². The molecule has 0 saturated carbocycles. The number of hydrogen-bond donors (Lipinski definition) is 1. The summed E-state index contributed by atoms with van der Waals surface area (Å²) >= 11 is 0. The lowest BCUT2D eigenvalue weighted by molar-refractivity contribution is -0.121. The molecule has 2 aromatic carbocycles. The van der Waals surface area contributed by atoms with Crippen molar-refractivity contribution in [2.24, 2.45) is 0 Å². The van der Waals surface area contributed by atoms with Crippen molar-refractivity contribution in [3.8, 4) is 11.5 Å². The maximum Gasteiger partial charge on any atom is 0.264 e. The summed E-state index contributed by atoms with van der Waals surface area (Å²) in [7, 11) is 3.30. The van der Waals surface area contributed by atoms with Crippen molar-refractivity contribution < 1.29 is 19.1 Å². The Bertz CT molecular complexity index is 804. The number of carbonyl (C=O) groups is 2. The van der Waals surface area contributed by atoms with Crippen LogP contribution in [0.25, 0.3) is 0 Å². The first-order chi connectivity index (χ1) is 12.1. The Morgan fingerprint density at radius 3 is 2.88 bits per heavy atom. The number of ether oxygens (including phenoxy) is 2. The number of nitrogens with zero attached hydrogens (tertiary/aromatic N) is 1. The van der Waals surface area contributed by atoms with Crippen LogP contribution in [0.2, 0.25) is 0 Å². The van der Waals surface area contributed by atoms with Crippen molar-refractivity contribution in [2.45, 2.75) is 13.0 Å². The van der Waals surface area contributed by atoms with E-state index >= 15 is 0 Å². The third-order valence-electron chi connectivity index (χ3n) is 4.14. The second kappa shape index (κ2) is 7.25. The Hall–Kier alpha value is -3.02. The standard InChI is InChI=1S/C19H20N2O4/c1-21-15-9-13(7-8-17(15)25-12-19(21)23)11-20-18(22)10-14-5-3-4-6-16(14)24-2/h3-9H,10-12H2,1-2H3,(H,20,22). The first-order valence-electron chi connectivity index (χ1n) is 7.99. The minimum atomic E-state index is -0.0945. The van der Waals surface area contributed by atoms with Gasteiger partial charge >= 0.3 is 0 Å². The van der Waals surface area contributed by atoms with E-state index in [9.17, 15) is 9.59 Å². The highest BCUT2D eigenvalue weighted by atomic mass is 16.5. The number of likely N-dealkylation sites (N-methyl/N-ethyl adjacent to an activating group) is 1. The van der Waals surface area contributed by atoms with Crippen LogP contribution in [0.1, 0.15) is 11.1 Å². The minimum Gasteiger partial charge on any atom is -0.496 e. The molecule has 1 heterocycles. The molecule has 0 atom stereocenters. The summed E-state index contributed by atoms with van der Waals surface area (Å²) in [6.07, 6.45) is 0.246. The molecule has 25 heavy (non-hydrogen) atoms. The van der Waals surface area contributed by atoms with Gasteiger partial charge in [0.1, 0.15) is 11.5 Å². The van der Waals surface area contributed by atoms with E-state index in [1.165, 1.54) is 0 Å². The second-order valence-electron chi connectivity index (χ2n) is 5.81. The van der Waals surface area contributed by atoms with Gasteiger partial charge in [-0.1, -0.05) is 24.3 Å². The summed E-state index contributed by atoms with van der Waals surface area (Å²) in [6, 6.07) is 13.0. The van der Waals surface area contributed by atoms with Crippen LogP contribution in [0.15, 0.2) is 42.5 Å². The maximum atomic E-state index is 12.2. The highest BCUT2D eigenvalue weighted by Crippen LogP contribution is 2.31. The zero-order chi connectivity index (χ0) is 17.8. The lowest BCUT2D eigenvalue weighted by Gasteiger charge is -2.26. The predicted octanol–water partition coefficient (Wildman–Crippen LogP) is 1.91. The molecular weight excluding hydrogens is 320 g/mol. The van der Waals surface area contributed by atoms with Gasteiger partial charge in [-0.25, -0.2) is 0 Å². The predicted molar refractivity (Wildman–Crippen MR) is 93.9 cm³/mol. The van der Waals surface area contributed by atoms with Gasteiger partial charge in [-0.15, -0.1) is 0 Å². The number of fused-ring (bicyclic) bond motifs is 1. The van der Waals surface area contributed by atoms with Gasteiger partial charge in [-0.05, 0) is 23.8 Å². The summed E-state index contributed by atoms with van der Waals surface area (Å²) in [4.78, 5) is 25.5. The molecule has 2 amide bonds. The van der Waals surface area contributed by atoms with Crippen LogP contribution in [0.5, 0.6) is 11.5 Å². The Labute approximate surface area is 146 Å². The maximum absolute atomic E-state index is 12.2. The number of para-hydroxylation sites is 1. The molecule has 0 radical (unpaired) electrons. The van der Waals surface area contributed by atoms with E-state index in [0.29, 0.717) is 23.7 Å². The first-order valence-corrected chi connectivity index (χ1v) is 7.99. The monoisotopic (exact) mass is 340 g/mol. The molecule has 1 N–H and O–H groups in total. The van der Waals surface area contributed by atoms with Crippen LogP contribution in [0.3, 0.4) is 0 Å². The largest absolute Gasteiger partial charge is 0.496 e. The van der Waals surface area contributed by atoms with Crippen LogP contribution < -0.4 is 19.7 Å². The summed E-state index contributed by atoms with van der Waals surface area (Å²) in [5.74, 6) is 1.18. The van der Waals surface area contributed by atoms with Crippen LogP contribution in [0, 0.1) is 0 Å².